The van der Waals surface area contributed by atoms with Gasteiger partial charge in [-0.1, -0.05) is 18.2 Å². The SMILES string of the molecule is Cc1cc([C@@H](C)Nc2ccccc2C(=O)O)c2nc(N3C4CC5CC(C4)CC3C5)c(C#N)nc2c1. The zero-order valence-electron chi connectivity index (χ0n) is 20.0. The Bertz CT molecular complexity index is 1350. The number of carboxylic acid groups (broad SMARTS) is 1. The molecule has 7 nitrogen and oxygen atoms in total. The van der Waals surface area contributed by atoms with Crippen molar-refractivity contribution < 1.29 is 9.90 Å². The van der Waals surface area contributed by atoms with E-state index in [1.54, 1.807) is 18.2 Å². The van der Waals surface area contributed by atoms with Gasteiger partial charge in [0, 0.05) is 23.3 Å². The molecule has 7 heteroatoms. The number of aryl methyl sites for hydroxylation is 1. The second-order valence-electron chi connectivity index (χ2n) is 10.6. The van der Waals surface area contributed by atoms with Crippen molar-refractivity contribution in [2.45, 2.75) is 64.1 Å². The summed E-state index contributed by atoms with van der Waals surface area (Å²) < 4.78 is 0. The van der Waals surface area contributed by atoms with Crippen LogP contribution in [0.5, 0.6) is 0 Å². The molecule has 0 unspecified atom stereocenters. The minimum atomic E-state index is -0.968. The van der Waals surface area contributed by atoms with Crippen LogP contribution < -0.4 is 10.2 Å². The van der Waals surface area contributed by atoms with Gasteiger partial charge < -0.3 is 15.3 Å². The molecule has 4 fully saturated rings. The van der Waals surface area contributed by atoms with E-state index in [1.165, 1.54) is 32.1 Å². The molecule has 4 aliphatic rings. The highest BCUT2D eigenvalue weighted by molar-refractivity contribution is 5.94. The predicted molar refractivity (Wildman–Crippen MR) is 135 cm³/mol. The Balaban J connectivity index is 1.44. The van der Waals surface area contributed by atoms with E-state index in [0.717, 1.165) is 34.3 Å². The van der Waals surface area contributed by atoms with Crippen LogP contribution in [0, 0.1) is 30.1 Å². The van der Waals surface area contributed by atoms with E-state index in [2.05, 4.69) is 22.4 Å². The molecule has 0 spiro atoms. The number of fused-ring (bicyclic) bond motifs is 1. The molecule has 2 aliphatic carbocycles. The first-order chi connectivity index (χ1) is 16.9. The number of piperidine rings is 2. The van der Waals surface area contributed by atoms with E-state index < -0.39 is 5.97 Å². The summed E-state index contributed by atoms with van der Waals surface area (Å²) in [4.78, 5) is 24.1. The molecule has 2 aliphatic heterocycles. The van der Waals surface area contributed by atoms with Crippen molar-refractivity contribution in [3.8, 4) is 6.07 Å². The molecule has 2 saturated carbocycles. The van der Waals surface area contributed by atoms with E-state index >= 15 is 0 Å². The smallest absolute Gasteiger partial charge is 0.337 e. The molecule has 1 atom stereocenters. The summed E-state index contributed by atoms with van der Waals surface area (Å²) in [6.45, 7) is 4.01. The van der Waals surface area contributed by atoms with Gasteiger partial charge in [0.1, 0.15) is 6.07 Å². The monoisotopic (exact) mass is 467 g/mol. The van der Waals surface area contributed by atoms with Crippen LogP contribution in [-0.2, 0) is 0 Å². The van der Waals surface area contributed by atoms with Gasteiger partial charge in [-0.3, -0.25) is 0 Å². The Morgan fingerprint density at radius 3 is 2.46 bits per heavy atom. The van der Waals surface area contributed by atoms with Crippen molar-refractivity contribution in [3.05, 3.63) is 58.8 Å². The summed E-state index contributed by atoms with van der Waals surface area (Å²) in [5.74, 6) is 1.37. The van der Waals surface area contributed by atoms with Gasteiger partial charge in [-0.15, -0.1) is 0 Å². The fourth-order valence-corrected chi connectivity index (χ4v) is 6.89. The number of nitrogens with one attached hydrogen (secondary N) is 1. The number of carbonyl (C=O) groups is 1. The summed E-state index contributed by atoms with van der Waals surface area (Å²) >= 11 is 0. The molecule has 1 aromatic heterocycles. The van der Waals surface area contributed by atoms with Crippen LogP contribution in [0.2, 0.25) is 0 Å². The first kappa shape index (κ1) is 21.8. The fraction of sp³-hybridized carbons (Fsp3) is 0.429. The maximum Gasteiger partial charge on any atom is 0.337 e. The largest absolute Gasteiger partial charge is 0.478 e. The van der Waals surface area contributed by atoms with Crippen molar-refractivity contribution in [1.29, 1.82) is 5.26 Å². The molecular formula is C28H29N5O2. The molecule has 0 amide bonds. The lowest BCUT2D eigenvalue weighted by Gasteiger charge is -2.57. The summed E-state index contributed by atoms with van der Waals surface area (Å²) in [6, 6.07) is 14.0. The summed E-state index contributed by atoms with van der Waals surface area (Å²) in [7, 11) is 0. The van der Waals surface area contributed by atoms with E-state index in [1.807, 2.05) is 26.0 Å². The Kier molecular flexibility index (Phi) is 5.14. The molecule has 35 heavy (non-hydrogen) atoms. The molecule has 3 heterocycles. The number of nitriles is 1. The molecular weight excluding hydrogens is 438 g/mol. The van der Waals surface area contributed by atoms with E-state index in [0.29, 0.717) is 29.0 Å². The highest BCUT2D eigenvalue weighted by Crippen LogP contribution is 2.50. The van der Waals surface area contributed by atoms with Crippen molar-refractivity contribution >= 4 is 28.5 Å². The molecule has 0 radical (unpaired) electrons. The zero-order valence-corrected chi connectivity index (χ0v) is 20.0. The van der Waals surface area contributed by atoms with Crippen molar-refractivity contribution in [2.24, 2.45) is 11.8 Å². The second kappa shape index (κ2) is 8.23. The van der Waals surface area contributed by atoms with Crippen molar-refractivity contribution in [2.75, 3.05) is 10.2 Å². The Morgan fingerprint density at radius 2 is 1.80 bits per heavy atom. The first-order valence-electron chi connectivity index (χ1n) is 12.5. The van der Waals surface area contributed by atoms with Gasteiger partial charge in [0.05, 0.1) is 22.6 Å². The van der Waals surface area contributed by atoms with Crippen LogP contribution in [0.15, 0.2) is 36.4 Å². The van der Waals surface area contributed by atoms with Gasteiger partial charge >= 0.3 is 5.97 Å². The maximum absolute atomic E-state index is 11.7. The molecule has 3 aromatic rings. The number of hydrogen-bond donors (Lipinski definition) is 2. The summed E-state index contributed by atoms with van der Waals surface area (Å²) in [5, 5.41) is 23.0. The van der Waals surface area contributed by atoms with Crippen LogP contribution in [0.25, 0.3) is 11.0 Å². The Morgan fingerprint density at radius 1 is 1.11 bits per heavy atom. The van der Waals surface area contributed by atoms with Gasteiger partial charge in [-0.05, 0) is 81.5 Å². The molecule has 2 saturated heterocycles. The summed E-state index contributed by atoms with van der Waals surface area (Å²) in [6.07, 6.45) is 6.09. The van der Waals surface area contributed by atoms with E-state index in [9.17, 15) is 15.2 Å². The lowest BCUT2D eigenvalue weighted by molar-refractivity contribution is 0.0698. The highest BCUT2D eigenvalue weighted by atomic mass is 16.4. The third kappa shape index (κ3) is 3.68. The Labute approximate surface area is 204 Å². The average molecular weight is 468 g/mol. The minimum Gasteiger partial charge on any atom is -0.478 e. The molecule has 4 bridgehead atoms. The molecule has 7 rings (SSSR count). The Hall–Kier alpha value is -3.66. The van der Waals surface area contributed by atoms with E-state index in [4.69, 9.17) is 9.97 Å². The number of anilines is 2. The van der Waals surface area contributed by atoms with Crippen LogP contribution in [0.3, 0.4) is 0 Å². The van der Waals surface area contributed by atoms with Crippen LogP contribution in [-0.4, -0.2) is 33.1 Å². The number of para-hydroxylation sites is 1. The predicted octanol–water partition coefficient (Wildman–Crippen LogP) is 5.45. The van der Waals surface area contributed by atoms with Gasteiger partial charge in [-0.2, -0.15) is 5.26 Å². The third-order valence-electron chi connectivity index (χ3n) is 8.15. The number of nitrogens with zero attached hydrogens (tertiary/aromatic N) is 4. The number of aromatic nitrogens is 2. The van der Waals surface area contributed by atoms with Gasteiger partial charge in [0.2, 0.25) is 0 Å². The number of hydrogen-bond acceptors (Lipinski definition) is 6. The summed E-state index contributed by atoms with van der Waals surface area (Å²) in [5.41, 5.74) is 4.63. The normalized spacial score (nSPS) is 25.5. The lowest BCUT2D eigenvalue weighted by Crippen LogP contribution is -2.58. The van der Waals surface area contributed by atoms with E-state index in [-0.39, 0.29) is 11.6 Å². The third-order valence-corrected chi connectivity index (χ3v) is 8.15. The standard InChI is InChI=1S/C28H29N5O2/c1-15-7-22(16(2)30-23-6-4-3-5-21(23)28(34)35)26-24(8-15)31-25(14-29)27(32-26)33-19-10-17-9-18(12-19)13-20(33)11-17/h3-8,16-20,30H,9-13H2,1-2H3,(H,34,35)/t16-,17?,18?,19?,20?/m1/s1. The number of benzene rings is 2. The highest BCUT2D eigenvalue weighted by Gasteiger charge is 2.48. The number of rotatable bonds is 5. The topological polar surface area (TPSA) is 102 Å². The van der Waals surface area contributed by atoms with Gasteiger partial charge in [0.15, 0.2) is 11.5 Å². The quantitative estimate of drug-likeness (QED) is 0.514. The molecule has 2 aromatic carbocycles. The second-order valence-corrected chi connectivity index (χ2v) is 10.6. The molecule has 2 N–H and O–H groups in total. The number of carboxylic acids is 1. The number of aromatic carboxylic acids is 1. The average Bonchev–Trinajstić information content (AvgIpc) is 2.82. The van der Waals surface area contributed by atoms with Crippen LogP contribution >= 0.6 is 0 Å². The maximum atomic E-state index is 11.7. The van der Waals surface area contributed by atoms with Gasteiger partial charge in [-0.25, -0.2) is 14.8 Å². The fourth-order valence-electron chi connectivity index (χ4n) is 6.89. The van der Waals surface area contributed by atoms with Crippen LogP contribution in [0.4, 0.5) is 11.5 Å². The lowest BCUT2D eigenvalue weighted by atomic mass is 9.63. The zero-order chi connectivity index (χ0) is 24.3. The van der Waals surface area contributed by atoms with Gasteiger partial charge in [0.25, 0.3) is 0 Å². The van der Waals surface area contributed by atoms with Crippen molar-refractivity contribution in [3.63, 3.8) is 0 Å². The van der Waals surface area contributed by atoms with Crippen LogP contribution in [0.1, 0.15) is 72.2 Å². The van der Waals surface area contributed by atoms with Crippen molar-refractivity contribution in [1.82, 2.24) is 9.97 Å². The molecule has 178 valence electrons. The minimum absolute atomic E-state index is 0.207. The first-order valence-corrected chi connectivity index (χ1v) is 12.5.